The Morgan fingerprint density at radius 3 is 2.95 bits per heavy atom. The molecule has 1 aliphatic rings. The maximum atomic E-state index is 10.8. The first-order valence-electron chi connectivity index (χ1n) is 7.12. The zero-order chi connectivity index (χ0) is 14.7. The number of rotatable bonds is 4. The molecule has 20 heavy (non-hydrogen) atoms. The smallest absolute Gasteiger partial charge is 0.306 e. The molecule has 2 atom stereocenters. The molecule has 0 amide bonds. The normalized spacial score (nSPS) is 21.6. The highest BCUT2D eigenvalue weighted by atomic mass is 16.5. The van der Waals surface area contributed by atoms with Gasteiger partial charge in [0, 0.05) is 19.1 Å². The molecule has 110 valence electrons. The molecule has 2 rings (SSSR count). The highest BCUT2D eigenvalue weighted by Crippen LogP contribution is 2.26. The molecule has 0 aliphatic carbocycles. The second-order valence-corrected chi connectivity index (χ2v) is 5.62. The second kappa shape index (κ2) is 6.37. The fraction of sp³-hybridized carbons (Fsp3) is 0.562. The average molecular weight is 277 g/mol. The van der Waals surface area contributed by atoms with Crippen molar-refractivity contribution in [1.29, 1.82) is 0 Å². The predicted molar refractivity (Wildman–Crippen MR) is 77.9 cm³/mol. The quantitative estimate of drug-likeness (QED) is 0.919. The van der Waals surface area contributed by atoms with Gasteiger partial charge in [-0.25, -0.2) is 0 Å². The van der Waals surface area contributed by atoms with Crippen molar-refractivity contribution in [3.63, 3.8) is 0 Å². The summed E-state index contributed by atoms with van der Waals surface area (Å²) in [5, 5.41) is 8.89. The molecule has 4 nitrogen and oxygen atoms in total. The van der Waals surface area contributed by atoms with E-state index < -0.39 is 5.97 Å². The Labute approximate surface area is 120 Å². The van der Waals surface area contributed by atoms with Gasteiger partial charge in [-0.1, -0.05) is 23.8 Å². The molecule has 1 N–H and O–H groups in total. The van der Waals surface area contributed by atoms with Crippen LogP contribution in [0.25, 0.3) is 0 Å². The topological polar surface area (TPSA) is 49.8 Å². The van der Waals surface area contributed by atoms with E-state index in [-0.39, 0.29) is 18.6 Å². The number of hydrogen-bond acceptors (Lipinski definition) is 3. The van der Waals surface area contributed by atoms with E-state index in [2.05, 4.69) is 43.9 Å². The molecule has 1 saturated heterocycles. The SMILES string of the molecule is Cc1ccc(C)c(C(C)N2CCOC(CC(=O)O)C2)c1. The molecule has 0 bridgehead atoms. The summed E-state index contributed by atoms with van der Waals surface area (Å²) in [6.07, 6.45) is -0.121. The van der Waals surface area contributed by atoms with Crippen LogP contribution in [0.1, 0.15) is 36.1 Å². The van der Waals surface area contributed by atoms with E-state index in [1.165, 1.54) is 16.7 Å². The van der Waals surface area contributed by atoms with Gasteiger partial charge in [-0.05, 0) is 31.9 Å². The molecule has 1 aromatic carbocycles. The van der Waals surface area contributed by atoms with Crippen molar-refractivity contribution in [1.82, 2.24) is 4.90 Å². The first kappa shape index (κ1) is 15.0. The molecular formula is C16H23NO3. The van der Waals surface area contributed by atoms with Crippen LogP contribution in [-0.4, -0.2) is 41.8 Å². The zero-order valence-corrected chi connectivity index (χ0v) is 12.4. The van der Waals surface area contributed by atoms with E-state index >= 15 is 0 Å². The first-order chi connectivity index (χ1) is 9.47. The minimum atomic E-state index is -0.795. The van der Waals surface area contributed by atoms with Crippen LogP contribution >= 0.6 is 0 Å². The largest absolute Gasteiger partial charge is 0.481 e. The van der Waals surface area contributed by atoms with Crippen molar-refractivity contribution in [2.75, 3.05) is 19.7 Å². The number of ether oxygens (including phenoxy) is 1. The molecule has 1 aromatic rings. The Hall–Kier alpha value is -1.39. The van der Waals surface area contributed by atoms with Crippen molar-refractivity contribution in [3.05, 3.63) is 34.9 Å². The lowest BCUT2D eigenvalue weighted by molar-refractivity contribution is -0.142. The van der Waals surface area contributed by atoms with Gasteiger partial charge in [0.25, 0.3) is 0 Å². The van der Waals surface area contributed by atoms with Crippen molar-refractivity contribution >= 4 is 5.97 Å². The molecular weight excluding hydrogens is 254 g/mol. The highest BCUT2D eigenvalue weighted by molar-refractivity contribution is 5.67. The number of carboxylic acid groups (broad SMARTS) is 1. The third-order valence-electron chi connectivity index (χ3n) is 4.01. The van der Waals surface area contributed by atoms with Crippen LogP contribution in [0.4, 0.5) is 0 Å². The third kappa shape index (κ3) is 3.58. The summed E-state index contributed by atoms with van der Waals surface area (Å²) >= 11 is 0. The van der Waals surface area contributed by atoms with Gasteiger partial charge in [0.15, 0.2) is 0 Å². The Kier molecular flexibility index (Phi) is 4.78. The number of nitrogens with zero attached hydrogens (tertiary/aromatic N) is 1. The van der Waals surface area contributed by atoms with E-state index in [1.54, 1.807) is 0 Å². The molecule has 2 unspecified atom stereocenters. The van der Waals surface area contributed by atoms with Gasteiger partial charge < -0.3 is 9.84 Å². The number of aliphatic carboxylic acids is 1. The number of carboxylic acids is 1. The monoisotopic (exact) mass is 277 g/mol. The molecule has 4 heteroatoms. The maximum Gasteiger partial charge on any atom is 0.306 e. The van der Waals surface area contributed by atoms with Crippen molar-refractivity contribution in [2.45, 2.75) is 39.3 Å². The van der Waals surface area contributed by atoms with Crippen LogP contribution in [0.2, 0.25) is 0 Å². The summed E-state index contributed by atoms with van der Waals surface area (Å²) in [6.45, 7) is 8.55. The van der Waals surface area contributed by atoms with Gasteiger partial charge in [-0.15, -0.1) is 0 Å². The molecule has 1 aliphatic heterocycles. The number of carbonyl (C=O) groups is 1. The predicted octanol–water partition coefficient (Wildman–Crippen LogP) is 2.54. The van der Waals surface area contributed by atoms with Gasteiger partial charge in [-0.2, -0.15) is 0 Å². The average Bonchev–Trinajstić information content (AvgIpc) is 2.40. The molecule has 0 radical (unpaired) electrons. The molecule has 0 saturated carbocycles. The van der Waals surface area contributed by atoms with Crippen molar-refractivity contribution in [3.8, 4) is 0 Å². The van der Waals surface area contributed by atoms with Crippen LogP contribution in [0.3, 0.4) is 0 Å². The van der Waals surface area contributed by atoms with Crippen LogP contribution in [0, 0.1) is 13.8 Å². The third-order valence-corrected chi connectivity index (χ3v) is 4.01. The summed E-state index contributed by atoms with van der Waals surface area (Å²) in [7, 11) is 0. The Morgan fingerprint density at radius 1 is 1.50 bits per heavy atom. The standard InChI is InChI=1S/C16H23NO3/c1-11-4-5-12(2)15(8-11)13(3)17-6-7-20-14(10-17)9-16(18)19/h4-5,8,13-14H,6-7,9-10H2,1-3H3,(H,18,19). The summed E-state index contributed by atoms with van der Waals surface area (Å²) in [5.41, 5.74) is 3.86. The molecule has 0 aromatic heterocycles. The van der Waals surface area contributed by atoms with Crippen molar-refractivity contribution < 1.29 is 14.6 Å². The first-order valence-corrected chi connectivity index (χ1v) is 7.12. The van der Waals surface area contributed by atoms with E-state index in [0.717, 1.165) is 6.54 Å². The molecule has 0 spiro atoms. The maximum absolute atomic E-state index is 10.8. The zero-order valence-electron chi connectivity index (χ0n) is 12.4. The Bertz CT molecular complexity index is 487. The fourth-order valence-electron chi connectivity index (χ4n) is 2.82. The fourth-order valence-corrected chi connectivity index (χ4v) is 2.82. The number of aryl methyl sites for hydroxylation is 2. The number of hydrogen-bond donors (Lipinski definition) is 1. The van der Waals surface area contributed by atoms with E-state index in [0.29, 0.717) is 13.2 Å². The minimum Gasteiger partial charge on any atom is -0.481 e. The lowest BCUT2D eigenvalue weighted by Gasteiger charge is -2.37. The summed E-state index contributed by atoms with van der Waals surface area (Å²) < 4.78 is 5.54. The van der Waals surface area contributed by atoms with E-state index in [1.807, 2.05) is 0 Å². The van der Waals surface area contributed by atoms with Crippen LogP contribution in [-0.2, 0) is 9.53 Å². The number of benzene rings is 1. The van der Waals surface area contributed by atoms with Gasteiger partial charge in [0.1, 0.15) is 0 Å². The lowest BCUT2D eigenvalue weighted by Crippen LogP contribution is -2.44. The summed E-state index contributed by atoms with van der Waals surface area (Å²) in [5.74, 6) is -0.795. The minimum absolute atomic E-state index is 0.0794. The van der Waals surface area contributed by atoms with Crippen LogP contribution in [0.15, 0.2) is 18.2 Å². The van der Waals surface area contributed by atoms with Gasteiger partial charge in [0.05, 0.1) is 19.1 Å². The van der Waals surface area contributed by atoms with Gasteiger partial charge in [-0.3, -0.25) is 9.69 Å². The van der Waals surface area contributed by atoms with E-state index in [4.69, 9.17) is 9.84 Å². The lowest BCUT2D eigenvalue weighted by atomic mass is 9.98. The Morgan fingerprint density at radius 2 is 2.25 bits per heavy atom. The molecule has 1 fully saturated rings. The van der Waals surface area contributed by atoms with Gasteiger partial charge >= 0.3 is 5.97 Å². The Balaban J connectivity index is 2.09. The van der Waals surface area contributed by atoms with Gasteiger partial charge in [0.2, 0.25) is 0 Å². The summed E-state index contributed by atoms with van der Waals surface area (Å²) in [4.78, 5) is 13.1. The molecule has 1 heterocycles. The van der Waals surface area contributed by atoms with Crippen LogP contribution in [0.5, 0.6) is 0 Å². The highest BCUT2D eigenvalue weighted by Gasteiger charge is 2.27. The van der Waals surface area contributed by atoms with Crippen molar-refractivity contribution in [2.24, 2.45) is 0 Å². The second-order valence-electron chi connectivity index (χ2n) is 5.62. The van der Waals surface area contributed by atoms with E-state index in [9.17, 15) is 4.79 Å². The summed E-state index contributed by atoms with van der Waals surface area (Å²) in [6, 6.07) is 6.78. The van der Waals surface area contributed by atoms with Crippen LogP contribution < -0.4 is 0 Å². The number of morpholine rings is 1.